The van der Waals surface area contributed by atoms with Crippen LogP contribution in [-0.4, -0.2) is 11.1 Å². The van der Waals surface area contributed by atoms with Crippen LogP contribution in [0.15, 0.2) is 30.3 Å². The highest BCUT2D eigenvalue weighted by Crippen LogP contribution is 2.23. The second-order valence-electron chi connectivity index (χ2n) is 4.20. The van der Waals surface area contributed by atoms with E-state index in [0.29, 0.717) is 12.6 Å². The smallest absolute Gasteiger partial charge is 0.0484 e. The third-order valence-corrected chi connectivity index (χ3v) is 2.74. The average molecular weight is 202 g/mol. The zero-order chi connectivity index (χ0) is 10.8. The van der Waals surface area contributed by atoms with Crippen LogP contribution < -0.4 is 5.73 Å². The van der Waals surface area contributed by atoms with Crippen molar-refractivity contribution in [3.05, 3.63) is 36.0 Å². The van der Waals surface area contributed by atoms with E-state index in [2.05, 4.69) is 48.7 Å². The van der Waals surface area contributed by atoms with Crippen molar-refractivity contribution >= 4 is 10.9 Å². The minimum Gasteiger partial charge on any atom is -0.342 e. The van der Waals surface area contributed by atoms with E-state index >= 15 is 0 Å². The third kappa shape index (κ3) is 1.77. The molecule has 0 aliphatic rings. The quantitative estimate of drug-likeness (QED) is 0.815. The fourth-order valence-electron chi connectivity index (χ4n) is 2.18. The Bertz CT molecular complexity index is 455. The molecule has 0 radical (unpaired) electrons. The van der Waals surface area contributed by atoms with Crippen molar-refractivity contribution in [3.63, 3.8) is 0 Å². The predicted molar refractivity (Wildman–Crippen MR) is 65.1 cm³/mol. The van der Waals surface area contributed by atoms with Crippen LogP contribution in [0, 0.1) is 0 Å². The lowest BCUT2D eigenvalue weighted by Gasteiger charge is -2.14. The standard InChI is InChI=1S/C13H18N2/c1-10(2)15-12(7-8-14)9-11-5-3-4-6-13(11)15/h3-6,9-10H,7-8,14H2,1-2H3. The van der Waals surface area contributed by atoms with Crippen LogP contribution in [0.25, 0.3) is 10.9 Å². The van der Waals surface area contributed by atoms with Crippen LogP contribution in [0.3, 0.4) is 0 Å². The lowest BCUT2D eigenvalue weighted by Crippen LogP contribution is -2.10. The Kier molecular flexibility index (Phi) is 2.78. The van der Waals surface area contributed by atoms with E-state index in [9.17, 15) is 0 Å². The Balaban J connectivity index is 2.63. The number of para-hydroxylation sites is 1. The molecule has 15 heavy (non-hydrogen) atoms. The Morgan fingerprint density at radius 1 is 1.27 bits per heavy atom. The van der Waals surface area contributed by atoms with Gasteiger partial charge in [0.2, 0.25) is 0 Å². The number of nitrogens with two attached hydrogens (primary N) is 1. The van der Waals surface area contributed by atoms with Gasteiger partial charge >= 0.3 is 0 Å². The van der Waals surface area contributed by atoms with Gasteiger partial charge in [0.15, 0.2) is 0 Å². The summed E-state index contributed by atoms with van der Waals surface area (Å²) in [6, 6.07) is 11.3. The normalized spacial score (nSPS) is 11.5. The number of hydrogen-bond donors (Lipinski definition) is 1. The first kappa shape index (κ1) is 10.2. The summed E-state index contributed by atoms with van der Waals surface area (Å²) in [5, 5.41) is 1.31. The van der Waals surface area contributed by atoms with Gasteiger partial charge in [0, 0.05) is 17.3 Å². The third-order valence-electron chi connectivity index (χ3n) is 2.74. The summed E-state index contributed by atoms with van der Waals surface area (Å²) in [5.41, 5.74) is 8.30. The van der Waals surface area contributed by atoms with Crippen molar-refractivity contribution in [2.75, 3.05) is 6.54 Å². The molecule has 2 N–H and O–H groups in total. The zero-order valence-corrected chi connectivity index (χ0v) is 9.40. The maximum absolute atomic E-state index is 5.64. The molecule has 1 aromatic heterocycles. The molecule has 0 aliphatic heterocycles. The summed E-state index contributed by atoms with van der Waals surface area (Å²) in [6.45, 7) is 5.14. The van der Waals surface area contributed by atoms with Gasteiger partial charge in [-0.05, 0) is 44.3 Å². The van der Waals surface area contributed by atoms with Crippen LogP contribution in [0.5, 0.6) is 0 Å². The van der Waals surface area contributed by atoms with E-state index in [1.165, 1.54) is 16.6 Å². The molecule has 0 amide bonds. The van der Waals surface area contributed by atoms with Gasteiger partial charge in [0.25, 0.3) is 0 Å². The highest BCUT2D eigenvalue weighted by molar-refractivity contribution is 5.81. The zero-order valence-electron chi connectivity index (χ0n) is 9.40. The molecule has 0 saturated heterocycles. The van der Waals surface area contributed by atoms with E-state index in [1.54, 1.807) is 0 Å². The molecule has 2 nitrogen and oxygen atoms in total. The molecule has 1 aromatic carbocycles. The van der Waals surface area contributed by atoms with Gasteiger partial charge < -0.3 is 10.3 Å². The van der Waals surface area contributed by atoms with E-state index < -0.39 is 0 Å². The first-order valence-electron chi connectivity index (χ1n) is 5.53. The van der Waals surface area contributed by atoms with Crippen LogP contribution in [0.4, 0.5) is 0 Å². The molecule has 2 heteroatoms. The summed E-state index contributed by atoms with van der Waals surface area (Å²) < 4.78 is 2.38. The Hall–Kier alpha value is -1.28. The van der Waals surface area contributed by atoms with Gasteiger partial charge in [-0.2, -0.15) is 0 Å². The Morgan fingerprint density at radius 2 is 2.00 bits per heavy atom. The molecule has 0 fully saturated rings. The van der Waals surface area contributed by atoms with Gasteiger partial charge in [0.1, 0.15) is 0 Å². The topological polar surface area (TPSA) is 30.9 Å². The second-order valence-corrected chi connectivity index (χ2v) is 4.20. The Morgan fingerprint density at radius 3 is 2.67 bits per heavy atom. The summed E-state index contributed by atoms with van der Waals surface area (Å²) in [4.78, 5) is 0. The van der Waals surface area contributed by atoms with Gasteiger partial charge in [-0.15, -0.1) is 0 Å². The van der Waals surface area contributed by atoms with Crippen molar-refractivity contribution in [3.8, 4) is 0 Å². The molecular formula is C13H18N2. The molecule has 0 bridgehead atoms. The number of aromatic nitrogens is 1. The van der Waals surface area contributed by atoms with Crippen LogP contribution in [-0.2, 0) is 6.42 Å². The molecule has 0 unspecified atom stereocenters. The fraction of sp³-hybridized carbons (Fsp3) is 0.385. The van der Waals surface area contributed by atoms with Crippen LogP contribution in [0.1, 0.15) is 25.6 Å². The summed E-state index contributed by atoms with van der Waals surface area (Å²) in [6.07, 6.45) is 0.951. The van der Waals surface area contributed by atoms with Gasteiger partial charge in [-0.25, -0.2) is 0 Å². The number of benzene rings is 1. The lowest BCUT2D eigenvalue weighted by atomic mass is 10.2. The Labute approximate surface area is 90.7 Å². The van der Waals surface area contributed by atoms with Crippen molar-refractivity contribution in [2.45, 2.75) is 26.3 Å². The maximum Gasteiger partial charge on any atom is 0.0484 e. The summed E-state index contributed by atoms with van der Waals surface area (Å²) in [5.74, 6) is 0. The van der Waals surface area contributed by atoms with Gasteiger partial charge in [-0.3, -0.25) is 0 Å². The van der Waals surface area contributed by atoms with Crippen LogP contribution >= 0.6 is 0 Å². The molecule has 80 valence electrons. The molecule has 0 atom stereocenters. The molecule has 0 spiro atoms. The first-order valence-corrected chi connectivity index (χ1v) is 5.53. The van der Waals surface area contributed by atoms with E-state index in [1.807, 2.05) is 0 Å². The highest BCUT2D eigenvalue weighted by Gasteiger charge is 2.09. The molecule has 1 heterocycles. The minimum absolute atomic E-state index is 0.492. The highest BCUT2D eigenvalue weighted by atomic mass is 15.0. The largest absolute Gasteiger partial charge is 0.342 e. The summed E-state index contributed by atoms with van der Waals surface area (Å²) in [7, 11) is 0. The number of hydrogen-bond acceptors (Lipinski definition) is 1. The van der Waals surface area contributed by atoms with Crippen LogP contribution in [0.2, 0.25) is 0 Å². The fourth-order valence-corrected chi connectivity index (χ4v) is 2.18. The summed E-state index contributed by atoms with van der Waals surface area (Å²) >= 11 is 0. The average Bonchev–Trinajstić information content (AvgIpc) is 2.56. The van der Waals surface area contributed by atoms with Crippen molar-refractivity contribution in [2.24, 2.45) is 5.73 Å². The first-order chi connectivity index (χ1) is 7.24. The number of nitrogens with zero attached hydrogens (tertiary/aromatic N) is 1. The molecule has 0 aliphatic carbocycles. The number of fused-ring (bicyclic) bond motifs is 1. The molecule has 2 rings (SSSR count). The predicted octanol–water partition coefficient (Wildman–Crippen LogP) is 2.72. The van der Waals surface area contributed by atoms with E-state index in [0.717, 1.165) is 6.42 Å². The lowest BCUT2D eigenvalue weighted by molar-refractivity contribution is 0.594. The van der Waals surface area contributed by atoms with Crippen molar-refractivity contribution in [1.82, 2.24) is 4.57 Å². The SMILES string of the molecule is CC(C)n1c(CCN)cc2ccccc21. The molecule has 0 saturated carbocycles. The van der Waals surface area contributed by atoms with E-state index in [4.69, 9.17) is 5.73 Å². The van der Waals surface area contributed by atoms with Gasteiger partial charge in [-0.1, -0.05) is 18.2 Å². The minimum atomic E-state index is 0.492. The monoisotopic (exact) mass is 202 g/mol. The molecular weight excluding hydrogens is 184 g/mol. The van der Waals surface area contributed by atoms with Crippen molar-refractivity contribution in [1.29, 1.82) is 0 Å². The maximum atomic E-state index is 5.64. The van der Waals surface area contributed by atoms with Crippen molar-refractivity contribution < 1.29 is 0 Å². The van der Waals surface area contributed by atoms with E-state index in [-0.39, 0.29) is 0 Å². The molecule has 2 aromatic rings. The number of rotatable bonds is 3. The second kappa shape index (κ2) is 4.07. The van der Waals surface area contributed by atoms with Gasteiger partial charge in [0.05, 0.1) is 0 Å².